The molecule has 0 aliphatic carbocycles. The zero-order valence-electron chi connectivity index (χ0n) is 14.6. The molecule has 0 fully saturated rings. The van der Waals surface area contributed by atoms with Crippen LogP contribution in [0.15, 0.2) is 24.4 Å². The van der Waals surface area contributed by atoms with E-state index in [9.17, 15) is 19.8 Å². The molecule has 0 spiro atoms. The fourth-order valence-corrected chi connectivity index (χ4v) is 3.43. The number of imide groups is 1. The first-order valence-corrected chi connectivity index (χ1v) is 8.41. The predicted octanol–water partition coefficient (Wildman–Crippen LogP) is 1.87. The number of benzene rings is 2. The van der Waals surface area contributed by atoms with E-state index in [-0.39, 0.29) is 35.5 Å². The van der Waals surface area contributed by atoms with Crippen molar-refractivity contribution in [2.45, 2.75) is 13.5 Å². The summed E-state index contributed by atoms with van der Waals surface area (Å²) in [6, 6.07) is 5.07. The van der Waals surface area contributed by atoms with Crippen molar-refractivity contribution in [2.75, 3.05) is 6.79 Å². The van der Waals surface area contributed by atoms with E-state index in [2.05, 4.69) is 9.97 Å². The van der Waals surface area contributed by atoms with E-state index in [1.54, 1.807) is 25.1 Å². The summed E-state index contributed by atoms with van der Waals surface area (Å²) in [6.07, 6.45) is 1.40. The van der Waals surface area contributed by atoms with Gasteiger partial charge in [-0.1, -0.05) is 6.07 Å². The van der Waals surface area contributed by atoms with Gasteiger partial charge in [-0.2, -0.15) is 0 Å². The van der Waals surface area contributed by atoms with Crippen LogP contribution in [0, 0.1) is 6.92 Å². The van der Waals surface area contributed by atoms with Gasteiger partial charge >= 0.3 is 0 Å². The normalized spacial score (nSPS) is 14.8. The maximum atomic E-state index is 12.9. The molecule has 2 aliphatic heterocycles. The Kier molecular flexibility index (Phi) is 3.24. The lowest BCUT2D eigenvalue weighted by Gasteiger charge is -2.14. The average molecular weight is 379 g/mol. The van der Waals surface area contributed by atoms with E-state index in [1.165, 1.54) is 6.20 Å². The van der Waals surface area contributed by atoms with Crippen LogP contribution in [0.4, 0.5) is 0 Å². The number of nitrogens with zero attached hydrogens (tertiary/aromatic N) is 3. The second-order valence-corrected chi connectivity index (χ2v) is 6.54. The second kappa shape index (κ2) is 5.56. The molecule has 9 heteroatoms. The number of phenols is 2. The molecule has 140 valence electrons. The highest BCUT2D eigenvalue weighted by Gasteiger charge is 2.42. The van der Waals surface area contributed by atoms with Gasteiger partial charge in [0.25, 0.3) is 11.8 Å². The average Bonchev–Trinajstić information content (AvgIpc) is 3.24. The zero-order valence-corrected chi connectivity index (χ0v) is 14.6. The van der Waals surface area contributed by atoms with Gasteiger partial charge in [0.1, 0.15) is 22.2 Å². The summed E-state index contributed by atoms with van der Waals surface area (Å²) in [6.45, 7) is 1.71. The number of rotatable bonds is 2. The third-order valence-electron chi connectivity index (χ3n) is 4.76. The molecule has 3 heterocycles. The maximum Gasteiger partial charge on any atom is 0.265 e. The lowest BCUT2D eigenvalue weighted by molar-refractivity contribution is 0.0641. The zero-order chi connectivity index (χ0) is 19.6. The third-order valence-corrected chi connectivity index (χ3v) is 4.76. The third kappa shape index (κ3) is 2.13. The molecule has 2 N–H and O–H groups in total. The summed E-state index contributed by atoms with van der Waals surface area (Å²) in [7, 11) is 0. The Morgan fingerprint density at radius 3 is 2.46 bits per heavy atom. The quantitative estimate of drug-likeness (QED) is 0.511. The number of aryl methyl sites for hydroxylation is 1. The van der Waals surface area contributed by atoms with Crippen molar-refractivity contribution in [3.63, 3.8) is 0 Å². The van der Waals surface area contributed by atoms with Gasteiger partial charge in [-0.05, 0) is 24.6 Å². The molecular weight excluding hydrogens is 366 g/mol. The molecule has 2 aromatic carbocycles. The first kappa shape index (κ1) is 16.3. The summed E-state index contributed by atoms with van der Waals surface area (Å²) in [5.74, 6) is -1.26. The standard InChI is InChI=1S/C19H13N3O6/c1-8-5-20-14-15(21-8)17(24)13-12(16(14)23)18(25)22(19(13)26)6-9-2-3-10-11(4-9)28-7-27-10/h2-5,23-24H,6-7H2,1H3. The Hall–Kier alpha value is -3.88. The number of fused-ring (bicyclic) bond motifs is 3. The van der Waals surface area contributed by atoms with Crippen molar-refractivity contribution >= 4 is 22.8 Å². The van der Waals surface area contributed by atoms with Gasteiger partial charge in [0.15, 0.2) is 23.0 Å². The maximum absolute atomic E-state index is 12.9. The first-order valence-electron chi connectivity index (χ1n) is 8.41. The summed E-state index contributed by atoms with van der Waals surface area (Å²) in [5, 5.41) is 21.1. The number of hydrogen-bond acceptors (Lipinski definition) is 8. The topological polar surface area (TPSA) is 122 Å². The van der Waals surface area contributed by atoms with E-state index >= 15 is 0 Å². The molecule has 2 aliphatic rings. The van der Waals surface area contributed by atoms with Crippen LogP contribution in [0.2, 0.25) is 0 Å². The molecule has 0 atom stereocenters. The van der Waals surface area contributed by atoms with Gasteiger partial charge in [-0.15, -0.1) is 0 Å². The van der Waals surface area contributed by atoms with Gasteiger partial charge in [-0.25, -0.2) is 9.97 Å². The molecule has 5 rings (SSSR count). The summed E-state index contributed by atoms with van der Waals surface area (Å²) >= 11 is 0. The fraction of sp³-hybridized carbons (Fsp3) is 0.158. The molecule has 0 unspecified atom stereocenters. The smallest absolute Gasteiger partial charge is 0.265 e. The van der Waals surface area contributed by atoms with Crippen LogP contribution in [0.25, 0.3) is 11.0 Å². The van der Waals surface area contributed by atoms with Crippen molar-refractivity contribution in [2.24, 2.45) is 0 Å². The van der Waals surface area contributed by atoms with Crippen molar-refractivity contribution < 1.29 is 29.3 Å². The van der Waals surface area contributed by atoms with Crippen molar-refractivity contribution in [3.8, 4) is 23.0 Å². The van der Waals surface area contributed by atoms with Crippen molar-refractivity contribution in [3.05, 3.63) is 46.8 Å². The Bertz CT molecular complexity index is 1210. The van der Waals surface area contributed by atoms with Gasteiger partial charge in [0.05, 0.1) is 12.2 Å². The highest BCUT2D eigenvalue weighted by molar-refractivity contribution is 6.26. The van der Waals surface area contributed by atoms with Crippen LogP contribution in [0.1, 0.15) is 32.0 Å². The second-order valence-electron chi connectivity index (χ2n) is 6.54. The van der Waals surface area contributed by atoms with Crippen LogP contribution < -0.4 is 9.47 Å². The number of aromatic nitrogens is 2. The molecule has 0 bridgehead atoms. The molecule has 3 aromatic rings. The van der Waals surface area contributed by atoms with Gasteiger partial charge in [0, 0.05) is 6.20 Å². The first-order chi connectivity index (χ1) is 13.5. The van der Waals surface area contributed by atoms with E-state index in [0.29, 0.717) is 22.8 Å². The molecule has 1 aromatic heterocycles. The minimum Gasteiger partial charge on any atom is -0.505 e. The monoisotopic (exact) mass is 379 g/mol. The highest BCUT2D eigenvalue weighted by atomic mass is 16.7. The molecule has 28 heavy (non-hydrogen) atoms. The predicted molar refractivity (Wildman–Crippen MR) is 94.4 cm³/mol. The fourth-order valence-electron chi connectivity index (χ4n) is 3.43. The lowest BCUT2D eigenvalue weighted by Crippen LogP contribution is -2.29. The van der Waals surface area contributed by atoms with Gasteiger partial charge in [-0.3, -0.25) is 14.5 Å². The molecule has 2 amide bonds. The van der Waals surface area contributed by atoms with Gasteiger partial charge in [0.2, 0.25) is 6.79 Å². The molecule has 9 nitrogen and oxygen atoms in total. The van der Waals surface area contributed by atoms with Crippen LogP contribution in [0.3, 0.4) is 0 Å². The van der Waals surface area contributed by atoms with Crippen LogP contribution in [0.5, 0.6) is 23.0 Å². The minimum absolute atomic E-state index is 0.0256. The van der Waals surface area contributed by atoms with Crippen LogP contribution in [-0.4, -0.2) is 43.7 Å². The largest absolute Gasteiger partial charge is 0.505 e. The Labute approximate surface area is 157 Å². The molecule has 0 saturated heterocycles. The number of ether oxygens (including phenoxy) is 2. The molecule has 0 radical (unpaired) electrons. The summed E-state index contributed by atoms with van der Waals surface area (Å²) in [4.78, 5) is 34.9. The molecule has 0 saturated carbocycles. The van der Waals surface area contributed by atoms with Crippen LogP contribution in [-0.2, 0) is 6.54 Å². The summed E-state index contributed by atoms with van der Waals surface area (Å²) < 4.78 is 10.6. The van der Waals surface area contributed by atoms with E-state index < -0.39 is 23.3 Å². The number of carbonyl (C=O) groups is 2. The molecular formula is C19H13N3O6. The minimum atomic E-state index is -0.713. The number of aromatic hydroxyl groups is 2. The lowest BCUT2D eigenvalue weighted by atomic mass is 10.0. The van der Waals surface area contributed by atoms with Gasteiger partial charge < -0.3 is 19.7 Å². The highest BCUT2D eigenvalue weighted by Crippen LogP contribution is 2.43. The van der Waals surface area contributed by atoms with Crippen LogP contribution >= 0.6 is 0 Å². The SMILES string of the molecule is Cc1cnc2c(O)c3c(c(O)c2n1)C(=O)N(Cc1ccc2c(c1)OCO2)C3=O. The van der Waals surface area contributed by atoms with Crippen molar-refractivity contribution in [1.29, 1.82) is 0 Å². The number of hydrogen-bond donors (Lipinski definition) is 2. The van der Waals surface area contributed by atoms with Crippen molar-refractivity contribution in [1.82, 2.24) is 14.9 Å². The number of amides is 2. The Balaban J connectivity index is 1.60. The van der Waals surface area contributed by atoms with E-state index in [0.717, 1.165) is 4.90 Å². The summed E-state index contributed by atoms with van der Waals surface area (Å²) in [5.41, 5.74) is 0.533. The number of carbonyl (C=O) groups excluding carboxylic acids is 2. The van der Waals surface area contributed by atoms with E-state index in [4.69, 9.17) is 9.47 Å². The Morgan fingerprint density at radius 1 is 1.04 bits per heavy atom. The van der Waals surface area contributed by atoms with E-state index in [1.807, 2.05) is 0 Å². The Morgan fingerprint density at radius 2 is 1.71 bits per heavy atom. The number of phenolic OH excluding ortho intramolecular Hbond substituents is 2.